The number of para-hydroxylation sites is 1. The summed E-state index contributed by atoms with van der Waals surface area (Å²) < 4.78 is 0. The Balaban J connectivity index is 1.67. The molecule has 2 atom stereocenters. The molecule has 1 fully saturated rings. The highest BCUT2D eigenvalue weighted by Crippen LogP contribution is 2.39. The zero-order valence-electron chi connectivity index (χ0n) is 13.7. The van der Waals surface area contributed by atoms with Crippen molar-refractivity contribution in [2.24, 2.45) is 5.92 Å². The third kappa shape index (κ3) is 3.00. The lowest BCUT2D eigenvalue weighted by Crippen LogP contribution is -2.23. The van der Waals surface area contributed by atoms with Gasteiger partial charge < -0.3 is 0 Å². The van der Waals surface area contributed by atoms with E-state index in [1.807, 2.05) is 53.6 Å². The summed E-state index contributed by atoms with van der Waals surface area (Å²) in [4.78, 5) is 5.84. The van der Waals surface area contributed by atoms with E-state index in [1.54, 1.807) is 0 Å². The van der Waals surface area contributed by atoms with Crippen LogP contribution in [0.15, 0.2) is 84.9 Å². The molecule has 3 aromatic carbocycles. The first-order valence-corrected chi connectivity index (χ1v) is 8.39. The van der Waals surface area contributed by atoms with E-state index < -0.39 is 0 Å². The molecule has 2 unspecified atom stereocenters. The standard InChI is InChI=1S/C22H18N2O/c23-15-20-16-25-24(21-9-5-2-6-10-21)22(20)19-13-11-18(12-14-19)17-7-3-1-4-8-17/h1-14,20,22H,16H2. The summed E-state index contributed by atoms with van der Waals surface area (Å²) in [5, 5.41) is 11.4. The summed E-state index contributed by atoms with van der Waals surface area (Å²) in [7, 11) is 0. The van der Waals surface area contributed by atoms with Crippen LogP contribution in [0.2, 0.25) is 0 Å². The molecule has 25 heavy (non-hydrogen) atoms. The smallest absolute Gasteiger partial charge is 0.0996 e. The molecule has 3 aromatic rings. The van der Waals surface area contributed by atoms with Gasteiger partial charge in [-0.05, 0) is 28.8 Å². The maximum atomic E-state index is 9.54. The number of nitrogens with zero attached hydrogens (tertiary/aromatic N) is 2. The van der Waals surface area contributed by atoms with E-state index in [9.17, 15) is 5.26 Å². The van der Waals surface area contributed by atoms with Gasteiger partial charge in [0.05, 0.1) is 30.3 Å². The molecule has 3 heteroatoms. The van der Waals surface area contributed by atoms with Gasteiger partial charge in [0.1, 0.15) is 0 Å². The molecule has 122 valence electrons. The lowest BCUT2D eigenvalue weighted by molar-refractivity contribution is 0.156. The van der Waals surface area contributed by atoms with Crippen molar-refractivity contribution < 1.29 is 4.84 Å². The van der Waals surface area contributed by atoms with Crippen molar-refractivity contribution in [3.63, 3.8) is 0 Å². The van der Waals surface area contributed by atoms with Gasteiger partial charge in [-0.15, -0.1) is 0 Å². The van der Waals surface area contributed by atoms with E-state index in [4.69, 9.17) is 4.84 Å². The molecule has 0 bridgehead atoms. The Bertz CT molecular complexity index is 869. The van der Waals surface area contributed by atoms with Crippen molar-refractivity contribution in [3.8, 4) is 17.2 Å². The molecule has 1 heterocycles. The molecule has 1 saturated heterocycles. The average Bonchev–Trinajstić information content (AvgIpc) is 3.13. The van der Waals surface area contributed by atoms with Gasteiger partial charge in [-0.25, -0.2) is 5.06 Å². The summed E-state index contributed by atoms with van der Waals surface area (Å²) in [6.45, 7) is 0.413. The van der Waals surface area contributed by atoms with Crippen LogP contribution < -0.4 is 5.06 Å². The predicted octanol–water partition coefficient (Wildman–Crippen LogP) is 4.99. The maximum absolute atomic E-state index is 9.54. The largest absolute Gasteiger partial charge is 0.271 e. The third-order valence-corrected chi connectivity index (χ3v) is 4.56. The molecule has 0 radical (unpaired) electrons. The minimum atomic E-state index is -0.192. The van der Waals surface area contributed by atoms with E-state index >= 15 is 0 Å². The number of nitriles is 1. The summed E-state index contributed by atoms with van der Waals surface area (Å²) in [5.74, 6) is -0.192. The van der Waals surface area contributed by atoms with E-state index in [2.05, 4.69) is 42.5 Å². The van der Waals surface area contributed by atoms with Gasteiger partial charge in [-0.2, -0.15) is 5.26 Å². The number of anilines is 1. The second-order valence-electron chi connectivity index (χ2n) is 6.13. The third-order valence-electron chi connectivity index (χ3n) is 4.56. The number of rotatable bonds is 3. The Kier molecular flexibility index (Phi) is 4.20. The van der Waals surface area contributed by atoms with Gasteiger partial charge in [-0.3, -0.25) is 4.84 Å². The van der Waals surface area contributed by atoms with Crippen molar-refractivity contribution >= 4 is 5.69 Å². The van der Waals surface area contributed by atoms with E-state index in [0.29, 0.717) is 6.61 Å². The predicted molar refractivity (Wildman–Crippen MR) is 98.6 cm³/mol. The second-order valence-corrected chi connectivity index (χ2v) is 6.13. The Morgan fingerprint density at radius 1 is 0.800 bits per heavy atom. The first-order chi connectivity index (χ1) is 12.4. The van der Waals surface area contributed by atoms with Gasteiger partial charge in [-0.1, -0.05) is 72.8 Å². The van der Waals surface area contributed by atoms with Crippen molar-refractivity contribution in [1.29, 1.82) is 5.26 Å². The molecule has 1 aliphatic rings. The van der Waals surface area contributed by atoms with Crippen LogP contribution >= 0.6 is 0 Å². The molecule has 0 aliphatic carbocycles. The summed E-state index contributed by atoms with van der Waals surface area (Å²) in [5.41, 5.74) is 4.42. The van der Waals surface area contributed by atoms with Gasteiger partial charge in [0.25, 0.3) is 0 Å². The minimum absolute atomic E-state index is 0.0998. The highest BCUT2D eigenvalue weighted by molar-refractivity contribution is 5.63. The molecule has 3 nitrogen and oxygen atoms in total. The van der Waals surface area contributed by atoms with Crippen molar-refractivity contribution in [2.45, 2.75) is 6.04 Å². The van der Waals surface area contributed by atoms with Crippen LogP contribution in [0.1, 0.15) is 11.6 Å². The Hall–Kier alpha value is -3.09. The van der Waals surface area contributed by atoms with Crippen molar-refractivity contribution in [3.05, 3.63) is 90.5 Å². The SMILES string of the molecule is N#CC1CON(c2ccccc2)C1c1ccc(-c2ccccc2)cc1. The molecule has 4 rings (SSSR count). The van der Waals surface area contributed by atoms with Crippen molar-refractivity contribution in [2.75, 3.05) is 11.7 Å². The van der Waals surface area contributed by atoms with Gasteiger partial charge in [0.2, 0.25) is 0 Å². The molecule has 0 aromatic heterocycles. The van der Waals surface area contributed by atoms with Crippen LogP contribution in [-0.4, -0.2) is 6.61 Å². The van der Waals surface area contributed by atoms with Crippen LogP contribution in [0.5, 0.6) is 0 Å². The molecule has 0 spiro atoms. The van der Waals surface area contributed by atoms with E-state index in [1.165, 1.54) is 11.1 Å². The average molecular weight is 326 g/mol. The maximum Gasteiger partial charge on any atom is 0.0996 e. The quantitative estimate of drug-likeness (QED) is 0.680. The summed E-state index contributed by atoms with van der Waals surface area (Å²) >= 11 is 0. The fraction of sp³-hybridized carbons (Fsp3) is 0.136. The molecule has 1 aliphatic heterocycles. The Morgan fingerprint density at radius 2 is 1.40 bits per heavy atom. The molecular formula is C22H18N2O. The lowest BCUT2D eigenvalue weighted by Gasteiger charge is -2.26. The summed E-state index contributed by atoms with van der Waals surface area (Å²) in [6, 6.07) is 31.0. The normalized spacial score (nSPS) is 19.6. The first-order valence-electron chi connectivity index (χ1n) is 8.39. The Morgan fingerprint density at radius 3 is 2.04 bits per heavy atom. The van der Waals surface area contributed by atoms with Crippen LogP contribution in [0.25, 0.3) is 11.1 Å². The van der Waals surface area contributed by atoms with Crippen LogP contribution in [0, 0.1) is 17.2 Å². The number of benzene rings is 3. The van der Waals surface area contributed by atoms with Crippen LogP contribution in [0.4, 0.5) is 5.69 Å². The van der Waals surface area contributed by atoms with Crippen LogP contribution in [0.3, 0.4) is 0 Å². The highest BCUT2D eigenvalue weighted by Gasteiger charge is 2.37. The molecule has 0 N–H and O–H groups in total. The van der Waals surface area contributed by atoms with Crippen molar-refractivity contribution in [1.82, 2.24) is 0 Å². The first kappa shape index (κ1) is 15.4. The topological polar surface area (TPSA) is 36.3 Å². The Labute approximate surface area is 147 Å². The highest BCUT2D eigenvalue weighted by atomic mass is 16.7. The molecular weight excluding hydrogens is 308 g/mol. The van der Waals surface area contributed by atoms with E-state index in [-0.39, 0.29) is 12.0 Å². The number of hydrogen-bond donors (Lipinski definition) is 0. The number of hydrogen-bond acceptors (Lipinski definition) is 3. The zero-order valence-corrected chi connectivity index (χ0v) is 13.7. The van der Waals surface area contributed by atoms with Gasteiger partial charge >= 0.3 is 0 Å². The minimum Gasteiger partial charge on any atom is -0.271 e. The number of hydroxylamine groups is 1. The second kappa shape index (κ2) is 6.80. The summed E-state index contributed by atoms with van der Waals surface area (Å²) in [6.07, 6.45) is 0. The fourth-order valence-electron chi connectivity index (χ4n) is 3.28. The van der Waals surface area contributed by atoms with Gasteiger partial charge in [0.15, 0.2) is 0 Å². The molecule has 0 amide bonds. The fourth-order valence-corrected chi connectivity index (χ4v) is 3.28. The lowest BCUT2D eigenvalue weighted by atomic mass is 9.93. The van der Waals surface area contributed by atoms with Crippen LogP contribution in [-0.2, 0) is 4.84 Å². The zero-order chi connectivity index (χ0) is 17.1. The van der Waals surface area contributed by atoms with Gasteiger partial charge in [0, 0.05) is 0 Å². The monoisotopic (exact) mass is 326 g/mol. The molecule has 0 saturated carbocycles. The van der Waals surface area contributed by atoms with E-state index in [0.717, 1.165) is 11.3 Å².